The highest BCUT2D eigenvalue weighted by Gasteiger charge is 2.21. The molecular formula is C13H19N3O3. The Labute approximate surface area is 112 Å². The largest absolute Gasteiger partial charge is 0.330 e. The van der Waals surface area contributed by atoms with E-state index in [0.717, 1.165) is 0 Å². The predicted molar refractivity (Wildman–Crippen MR) is 73.8 cm³/mol. The molecule has 6 heteroatoms. The van der Waals surface area contributed by atoms with Crippen LogP contribution < -0.4 is 11.1 Å². The number of aryl methyl sites for hydroxylation is 1. The minimum absolute atomic E-state index is 0.00774. The lowest BCUT2D eigenvalue weighted by molar-refractivity contribution is -0.385. The summed E-state index contributed by atoms with van der Waals surface area (Å²) in [4.78, 5) is 22.4. The van der Waals surface area contributed by atoms with Crippen LogP contribution in [0.25, 0.3) is 0 Å². The van der Waals surface area contributed by atoms with Crippen LogP contribution in [0.3, 0.4) is 0 Å². The summed E-state index contributed by atoms with van der Waals surface area (Å²) in [5.74, 6) is -0.401. The predicted octanol–water partition coefficient (Wildman–Crippen LogP) is 2.07. The van der Waals surface area contributed by atoms with Gasteiger partial charge < -0.3 is 11.1 Å². The van der Waals surface area contributed by atoms with Gasteiger partial charge in [-0.05, 0) is 18.9 Å². The number of amides is 1. The van der Waals surface area contributed by atoms with Crippen molar-refractivity contribution in [2.45, 2.75) is 20.8 Å². The SMILES string of the molecule is Cc1ccc(NC(=O)C(CN)C(C)C)cc1[N+](=O)[O-]. The molecule has 1 atom stereocenters. The maximum absolute atomic E-state index is 12.0. The molecule has 6 nitrogen and oxygen atoms in total. The summed E-state index contributed by atoms with van der Waals surface area (Å²) in [6.07, 6.45) is 0. The van der Waals surface area contributed by atoms with E-state index >= 15 is 0 Å². The van der Waals surface area contributed by atoms with Gasteiger partial charge >= 0.3 is 0 Å². The Kier molecular flexibility index (Phi) is 5.00. The Morgan fingerprint density at radius 3 is 2.58 bits per heavy atom. The fourth-order valence-electron chi connectivity index (χ4n) is 1.80. The summed E-state index contributed by atoms with van der Waals surface area (Å²) in [6, 6.07) is 4.62. The average Bonchev–Trinajstić information content (AvgIpc) is 2.31. The molecule has 0 saturated carbocycles. The van der Waals surface area contributed by atoms with E-state index in [9.17, 15) is 14.9 Å². The third kappa shape index (κ3) is 3.75. The maximum atomic E-state index is 12.0. The number of rotatable bonds is 5. The summed E-state index contributed by atoms with van der Waals surface area (Å²) in [6.45, 7) is 5.72. The molecular weight excluding hydrogens is 246 g/mol. The minimum Gasteiger partial charge on any atom is -0.330 e. The average molecular weight is 265 g/mol. The Morgan fingerprint density at radius 1 is 1.47 bits per heavy atom. The Bertz CT molecular complexity index is 486. The van der Waals surface area contributed by atoms with Crippen molar-refractivity contribution in [2.24, 2.45) is 17.6 Å². The van der Waals surface area contributed by atoms with Crippen molar-refractivity contribution in [1.29, 1.82) is 0 Å². The van der Waals surface area contributed by atoms with Gasteiger partial charge in [-0.1, -0.05) is 19.9 Å². The van der Waals surface area contributed by atoms with Gasteiger partial charge in [0.15, 0.2) is 0 Å². The first-order valence-corrected chi connectivity index (χ1v) is 6.12. The molecule has 1 unspecified atom stereocenters. The number of carbonyl (C=O) groups is 1. The van der Waals surface area contributed by atoms with Gasteiger partial charge in [0, 0.05) is 23.9 Å². The van der Waals surface area contributed by atoms with Crippen LogP contribution in [-0.2, 0) is 4.79 Å². The standard InChI is InChI=1S/C13H19N3O3/c1-8(2)11(7-14)13(17)15-10-5-4-9(3)12(6-10)16(18)19/h4-6,8,11H,7,14H2,1-3H3,(H,15,17). The Morgan fingerprint density at radius 2 is 2.11 bits per heavy atom. The molecule has 19 heavy (non-hydrogen) atoms. The van der Waals surface area contributed by atoms with Crippen molar-refractivity contribution in [3.63, 3.8) is 0 Å². The van der Waals surface area contributed by atoms with E-state index in [4.69, 9.17) is 5.73 Å². The fraction of sp³-hybridized carbons (Fsp3) is 0.462. The number of nitrogens with two attached hydrogens (primary N) is 1. The topological polar surface area (TPSA) is 98.3 Å². The van der Waals surface area contributed by atoms with Crippen LogP contribution in [0.2, 0.25) is 0 Å². The van der Waals surface area contributed by atoms with E-state index in [0.29, 0.717) is 11.3 Å². The zero-order valence-electron chi connectivity index (χ0n) is 11.3. The summed E-state index contributed by atoms with van der Waals surface area (Å²) < 4.78 is 0. The molecule has 0 aliphatic carbocycles. The summed E-state index contributed by atoms with van der Waals surface area (Å²) in [5.41, 5.74) is 6.53. The van der Waals surface area contributed by atoms with Gasteiger partial charge in [-0.25, -0.2) is 0 Å². The van der Waals surface area contributed by atoms with Crippen LogP contribution in [0.5, 0.6) is 0 Å². The molecule has 0 radical (unpaired) electrons. The van der Waals surface area contributed by atoms with E-state index in [-0.39, 0.29) is 30.0 Å². The van der Waals surface area contributed by atoms with Crippen LogP contribution in [0.1, 0.15) is 19.4 Å². The van der Waals surface area contributed by atoms with Gasteiger partial charge in [0.1, 0.15) is 0 Å². The first-order valence-electron chi connectivity index (χ1n) is 6.12. The van der Waals surface area contributed by atoms with Gasteiger partial charge in [-0.15, -0.1) is 0 Å². The van der Waals surface area contributed by atoms with E-state index in [1.165, 1.54) is 6.07 Å². The number of hydrogen-bond donors (Lipinski definition) is 2. The lowest BCUT2D eigenvalue weighted by Crippen LogP contribution is -2.33. The Balaban J connectivity index is 2.91. The highest BCUT2D eigenvalue weighted by molar-refractivity contribution is 5.93. The smallest absolute Gasteiger partial charge is 0.274 e. The van der Waals surface area contributed by atoms with Crippen LogP contribution in [-0.4, -0.2) is 17.4 Å². The van der Waals surface area contributed by atoms with Gasteiger partial charge in [-0.3, -0.25) is 14.9 Å². The molecule has 0 aliphatic heterocycles. The summed E-state index contributed by atoms with van der Waals surface area (Å²) >= 11 is 0. The number of benzene rings is 1. The zero-order valence-corrected chi connectivity index (χ0v) is 11.3. The fourth-order valence-corrected chi connectivity index (χ4v) is 1.80. The number of nitrogens with zero attached hydrogens (tertiary/aromatic N) is 1. The molecule has 0 fully saturated rings. The molecule has 104 valence electrons. The first-order chi connectivity index (χ1) is 8.86. The molecule has 1 aromatic rings. The molecule has 1 aromatic carbocycles. The van der Waals surface area contributed by atoms with E-state index in [1.54, 1.807) is 19.1 Å². The monoisotopic (exact) mass is 265 g/mol. The van der Waals surface area contributed by atoms with Crippen LogP contribution >= 0.6 is 0 Å². The van der Waals surface area contributed by atoms with Crippen LogP contribution in [0.15, 0.2) is 18.2 Å². The molecule has 3 N–H and O–H groups in total. The Hall–Kier alpha value is -1.95. The van der Waals surface area contributed by atoms with Gasteiger partial charge in [0.05, 0.1) is 10.8 Å². The molecule has 0 spiro atoms. The number of anilines is 1. The highest BCUT2D eigenvalue weighted by atomic mass is 16.6. The number of carbonyl (C=O) groups excluding carboxylic acids is 1. The van der Waals surface area contributed by atoms with E-state index < -0.39 is 4.92 Å². The van der Waals surface area contributed by atoms with Crippen molar-refractivity contribution in [1.82, 2.24) is 0 Å². The lowest BCUT2D eigenvalue weighted by atomic mass is 9.95. The molecule has 0 heterocycles. The van der Waals surface area contributed by atoms with E-state index in [1.807, 2.05) is 13.8 Å². The highest BCUT2D eigenvalue weighted by Crippen LogP contribution is 2.23. The number of nitrogens with one attached hydrogen (secondary N) is 1. The van der Waals surface area contributed by atoms with Crippen molar-refractivity contribution < 1.29 is 9.72 Å². The third-order valence-corrected chi connectivity index (χ3v) is 3.07. The second-order valence-corrected chi connectivity index (χ2v) is 4.83. The van der Waals surface area contributed by atoms with Crippen molar-refractivity contribution in [2.75, 3.05) is 11.9 Å². The molecule has 1 rings (SSSR count). The zero-order chi connectivity index (χ0) is 14.6. The van der Waals surface area contributed by atoms with Gasteiger partial charge in [-0.2, -0.15) is 0 Å². The second kappa shape index (κ2) is 6.29. The third-order valence-electron chi connectivity index (χ3n) is 3.07. The van der Waals surface area contributed by atoms with E-state index in [2.05, 4.69) is 5.32 Å². The van der Waals surface area contributed by atoms with Gasteiger partial charge in [0.2, 0.25) is 5.91 Å². The van der Waals surface area contributed by atoms with Gasteiger partial charge in [0.25, 0.3) is 5.69 Å². The summed E-state index contributed by atoms with van der Waals surface area (Å²) in [5, 5.41) is 13.5. The molecule has 0 aliphatic rings. The minimum atomic E-state index is -0.464. The van der Waals surface area contributed by atoms with Crippen LogP contribution in [0.4, 0.5) is 11.4 Å². The lowest BCUT2D eigenvalue weighted by Gasteiger charge is -2.18. The first kappa shape index (κ1) is 15.1. The molecule has 1 amide bonds. The molecule has 0 aromatic heterocycles. The quantitative estimate of drug-likeness (QED) is 0.629. The van der Waals surface area contributed by atoms with Crippen LogP contribution in [0, 0.1) is 28.9 Å². The molecule has 0 saturated heterocycles. The van der Waals surface area contributed by atoms with Crippen molar-refractivity contribution in [3.8, 4) is 0 Å². The normalized spacial score (nSPS) is 12.3. The van der Waals surface area contributed by atoms with Crippen molar-refractivity contribution >= 4 is 17.3 Å². The second-order valence-electron chi connectivity index (χ2n) is 4.83. The summed E-state index contributed by atoms with van der Waals surface area (Å²) in [7, 11) is 0. The molecule has 0 bridgehead atoms. The van der Waals surface area contributed by atoms with Crippen molar-refractivity contribution in [3.05, 3.63) is 33.9 Å². The number of nitro benzene ring substituents is 1. The number of nitro groups is 1. The maximum Gasteiger partial charge on any atom is 0.274 e. The number of hydrogen-bond acceptors (Lipinski definition) is 4.